The molecule has 0 aromatic heterocycles. The molecule has 3 atom stereocenters. The number of nitrogens with zero attached hydrogens (tertiary/aromatic N) is 2. The largest absolute Gasteiger partial charge is 0.299 e. The number of unbranched alkanes of at least 4 members (excludes halogenated alkanes) is 1. The maximum atomic E-state index is 2.70. The second-order valence-corrected chi connectivity index (χ2v) is 8.42. The molecule has 0 N–H and O–H groups in total. The highest BCUT2D eigenvalue weighted by molar-refractivity contribution is 5.15. The molecule has 0 amide bonds. The molecule has 2 aliphatic heterocycles. The summed E-state index contributed by atoms with van der Waals surface area (Å²) >= 11 is 0. The predicted molar refractivity (Wildman–Crippen MR) is 108 cm³/mol. The van der Waals surface area contributed by atoms with Gasteiger partial charge in [-0.25, -0.2) is 0 Å². The monoisotopic (exact) mass is 340 g/mol. The van der Waals surface area contributed by atoms with Gasteiger partial charge >= 0.3 is 0 Å². The van der Waals surface area contributed by atoms with Crippen LogP contribution in [0.3, 0.4) is 0 Å². The first-order valence-electron chi connectivity index (χ1n) is 10.3. The second-order valence-electron chi connectivity index (χ2n) is 8.42. The lowest BCUT2D eigenvalue weighted by Crippen LogP contribution is -2.45. The fourth-order valence-corrected chi connectivity index (χ4v) is 4.87. The molecule has 3 rings (SSSR count). The molecule has 0 spiro atoms. The van der Waals surface area contributed by atoms with Crippen molar-refractivity contribution < 1.29 is 0 Å². The molecular weight excluding hydrogens is 304 g/mol. The Hall–Kier alpha value is -1.12. The molecule has 2 aliphatic rings. The van der Waals surface area contributed by atoms with Crippen molar-refractivity contribution in [2.75, 3.05) is 32.7 Å². The normalized spacial score (nSPS) is 28.8. The molecule has 0 aliphatic carbocycles. The molecule has 1 aromatic carbocycles. The van der Waals surface area contributed by atoms with Crippen molar-refractivity contribution in [3.05, 3.63) is 47.5 Å². The Bertz CT molecular complexity index is 550. The van der Waals surface area contributed by atoms with E-state index in [4.69, 9.17) is 0 Å². The van der Waals surface area contributed by atoms with Crippen LogP contribution in [0.25, 0.3) is 0 Å². The van der Waals surface area contributed by atoms with Gasteiger partial charge in [0, 0.05) is 26.2 Å². The molecule has 25 heavy (non-hydrogen) atoms. The minimum Gasteiger partial charge on any atom is -0.299 e. The van der Waals surface area contributed by atoms with Crippen molar-refractivity contribution in [3.63, 3.8) is 0 Å². The maximum absolute atomic E-state index is 2.70. The van der Waals surface area contributed by atoms with Crippen molar-refractivity contribution in [1.82, 2.24) is 9.80 Å². The number of benzene rings is 1. The van der Waals surface area contributed by atoms with E-state index in [1.54, 1.807) is 5.57 Å². The summed E-state index contributed by atoms with van der Waals surface area (Å²) in [5.41, 5.74) is 3.04. The van der Waals surface area contributed by atoms with Gasteiger partial charge < -0.3 is 0 Å². The van der Waals surface area contributed by atoms with Gasteiger partial charge in [-0.2, -0.15) is 0 Å². The van der Waals surface area contributed by atoms with E-state index in [-0.39, 0.29) is 0 Å². The minimum absolute atomic E-state index is 0.763. The van der Waals surface area contributed by atoms with Crippen LogP contribution >= 0.6 is 0 Å². The van der Waals surface area contributed by atoms with Crippen LogP contribution in [0, 0.1) is 17.8 Å². The lowest BCUT2D eigenvalue weighted by molar-refractivity contribution is 0.0812. The second kappa shape index (κ2) is 9.00. The highest BCUT2D eigenvalue weighted by atomic mass is 15.1. The summed E-state index contributed by atoms with van der Waals surface area (Å²) in [6, 6.07) is 10.9. The molecular formula is C23H36N2. The molecule has 1 fully saturated rings. The van der Waals surface area contributed by atoms with Gasteiger partial charge in [-0.3, -0.25) is 9.80 Å². The van der Waals surface area contributed by atoms with Gasteiger partial charge in [-0.15, -0.1) is 0 Å². The molecule has 0 radical (unpaired) electrons. The van der Waals surface area contributed by atoms with Gasteiger partial charge in [0.25, 0.3) is 0 Å². The fourth-order valence-electron chi connectivity index (χ4n) is 4.87. The summed E-state index contributed by atoms with van der Waals surface area (Å²) in [6.07, 6.45) is 6.60. The van der Waals surface area contributed by atoms with Gasteiger partial charge in [-0.1, -0.05) is 62.2 Å². The lowest BCUT2D eigenvalue weighted by atomic mass is 9.75. The van der Waals surface area contributed by atoms with Gasteiger partial charge in [0.05, 0.1) is 0 Å². The number of piperidine rings is 1. The van der Waals surface area contributed by atoms with Crippen LogP contribution in [0.15, 0.2) is 42.0 Å². The third-order valence-corrected chi connectivity index (χ3v) is 6.12. The Morgan fingerprint density at radius 1 is 1.08 bits per heavy atom. The SMILES string of the molecule is CCCCN1CC(C)=CC([C@H]2CCN(Cc3ccccc3)C[C@H]2C)C1. The molecule has 1 aromatic rings. The summed E-state index contributed by atoms with van der Waals surface area (Å²) in [4.78, 5) is 5.36. The molecule has 0 bridgehead atoms. The van der Waals surface area contributed by atoms with E-state index in [9.17, 15) is 0 Å². The van der Waals surface area contributed by atoms with E-state index in [2.05, 4.69) is 67.0 Å². The highest BCUT2D eigenvalue weighted by Gasteiger charge is 2.33. The molecule has 138 valence electrons. The third kappa shape index (κ3) is 5.18. The summed E-state index contributed by atoms with van der Waals surface area (Å²) in [5.74, 6) is 2.41. The van der Waals surface area contributed by atoms with Gasteiger partial charge in [0.15, 0.2) is 0 Å². The number of likely N-dealkylation sites (tertiary alicyclic amines) is 1. The van der Waals surface area contributed by atoms with Crippen LogP contribution in [-0.2, 0) is 6.54 Å². The van der Waals surface area contributed by atoms with Crippen LogP contribution in [0.4, 0.5) is 0 Å². The Labute approximate surface area is 154 Å². The Balaban J connectivity index is 1.56. The number of hydrogen-bond acceptors (Lipinski definition) is 2. The Kier molecular flexibility index (Phi) is 6.72. The lowest BCUT2D eigenvalue weighted by Gasteiger charge is -2.43. The zero-order chi connectivity index (χ0) is 17.6. The Morgan fingerprint density at radius 3 is 2.60 bits per heavy atom. The summed E-state index contributed by atoms with van der Waals surface area (Å²) in [6.45, 7) is 14.5. The predicted octanol–water partition coefficient (Wildman–Crippen LogP) is 4.82. The van der Waals surface area contributed by atoms with Crippen molar-refractivity contribution in [2.24, 2.45) is 17.8 Å². The van der Waals surface area contributed by atoms with Crippen molar-refractivity contribution in [1.29, 1.82) is 0 Å². The zero-order valence-corrected chi connectivity index (χ0v) is 16.5. The quantitative estimate of drug-likeness (QED) is 0.685. The fraction of sp³-hybridized carbons (Fsp3) is 0.652. The standard InChI is InChI=1S/C23H36N2/c1-4-5-12-24-15-19(2)14-22(18-24)23-11-13-25(16-20(23)3)17-21-9-7-6-8-10-21/h6-10,14,20,22-23H,4-5,11-13,15-18H2,1-3H3/t20-,22?,23+/m1/s1. The summed E-state index contributed by atoms with van der Waals surface area (Å²) in [5, 5.41) is 0. The van der Waals surface area contributed by atoms with Crippen LogP contribution in [0.5, 0.6) is 0 Å². The first kappa shape index (κ1) is 18.7. The van der Waals surface area contributed by atoms with Crippen molar-refractivity contribution in [2.45, 2.75) is 46.6 Å². The average molecular weight is 341 g/mol. The maximum Gasteiger partial charge on any atom is 0.0233 e. The van der Waals surface area contributed by atoms with Gasteiger partial charge in [0.1, 0.15) is 0 Å². The van der Waals surface area contributed by atoms with Gasteiger partial charge in [0.2, 0.25) is 0 Å². The van der Waals surface area contributed by atoms with E-state index in [1.807, 2.05) is 0 Å². The first-order valence-corrected chi connectivity index (χ1v) is 10.3. The smallest absolute Gasteiger partial charge is 0.0233 e. The van der Waals surface area contributed by atoms with Crippen molar-refractivity contribution in [3.8, 4) is 0 Å². The van der Waals surface area contributed by atoms with E-state index in [0.29, 0.717) is 0 Å². The van der Waals surface area contributed by atoms with E-state index >= 15 is 0 Å². The van der Waals surface area contributed by atoms with Crippen LogP contribution in [0.1, 0.15) is 45.6 Å². The minimum atomic E-state index is 0.763. The highest BCUT2D eigenvalue weighted by Crippen LogP contribution is 2.34. The van der Waals surface area contributed by atoms with E-state index < -0.39 is 0 Å². The first-order chi connectivity index (χ1) is 12.2. The topological polar surface area (TPSA) is 6.48 Å². The summed E-state index contributed by atoms with van der Waals surface area (Å²) < 4.78 is 0. The van der Waals surface area contributed by atoms with E-state index in [1.165, 1.54) is 57.5 Å². The molecule has 2 heterocycles. The van der Waals surface area contributed by atoms with Crippen molar-refractivity contribution >= 4 is 0 Å². The number of rotatable bonds is 6. The zero-order valence-electron chi connectivity index (χ0n) is 16.5. The van der Waals surface area contributed by atoms with Crippen LogP contribution < -0.4 is 0 Å². The van der Waals surface area contributed by atoms with Crippen LogP contribution in [-0.4, -0.2) is 42.5 Å². The molecule has 2 heteroatoms. The molecule has 0 saturated carbocycles. The summed E-state index contributed by atoms with van der Waals surface area (Å²) in [7, 11) is 0. The average Bonchev–Trinajstić information content (AvgIpc) is 2.60. The van der Waals surface area contributed by atoms with Crippen LogP contribution in [0.2, 0.25) is 0 Å². The molecule has 2 nitrogen and oxygen atoms in total. The Morgan fingerprint density at radius 2 is 1.88 bits per heavy atom. The molecule has 1 saturated heterocycles. The van der Waals surface area contributed by atoms with Gasteiger partial charge in [-0.05, 0) is 56.2 Å². The molecule has 1 unspecified atom stereocenters. The third-order valence-electron chi connectivity index (χ3n) is 6.12. The van der Waals surface area contributed by atoms with E-state index in [0.717, 1.165) is 24.3 Å². The number of hydrogen-bond donors (Lipinski definition) is 0.